The molecule has 0 atom stereocenters. The SMILES string of the molecule is Cc1cc[c-]c(-c2[c-]cc(-c3[c-]ccc(C)c3)[c-]c2)c1.Cc1cc[c-]c(-c2[c-]ccc(C)c2)c1.Cc1ccc(-c2cc(-c3ccc(C)cc3)cc(-c3ccc(C)cc3)c2)cc1.Cc1ccc(N(c2ccc(C)cc2)c2ccc(C)cc2)cc1.[Y].[Y].[Y]. The molecular formula is C82H71NY3-6. The van der Waals surface area contributed by atoms with Gasteiger partial charge in [0.1, 0.15) is 0 Å². The molecular weight excluding hydrogens is 1270 g/mol. The van der Waals surface area contributed by atoms with Gasteiger partial charge in [-0.15, -0.1) is 46.5 Å². The molecule has 0 bridgehead atoms. The van der Waals surface area contributed by atoms with E-state index in [9.17, 15) is 0 Å². The van der Waals surface area contributed by atoms with Crippen LogP contribution in [0.3, 0.4) is 0 Å². The number of aryl methyl sites for hydroxylation is 10. The van der Waals surface area contributed by atoms with Gasteiger partial charge >= 0.3 is 0 Å². The van der Waals surface area contributed by atoms with Crippen LogP contribution in [0.25, 0.3) is 66.8 Å². The molecule has 0 aliphatic carbocycles. The zero-order valence-electron chi connectivity index (χ0n) is 51.4. The summed E-state index contributed by atoms with van der Waals surface area (Å²) in [6, 6.07) is 107. The molecule has 419 valence electrons. The van der Waals surface area contributed by atoms with Gasteiger partial charge in [0, 0.05) is 115 Å². The van der Waals surface area contributed by atoms with Crippen molar-refractivity contribution in [1.29, 1.82) is 0 Å². The van der Waals surface area contributed by atoms with Crippen molar-refractivity contribution < 1.29 is 98.1 Å². The zero-order chi connectivity index (χ0) is 58.2. The van der Waals surface area contributed by atoms with Crippen molar-refractivity contribution in [2.75, 3.05) is 4.90 Å². The molecule has 0 saturated carbocycles. The van der Waals surface area contributed by atoms with Crippen LogP contribution < -0.4 is 4.90 Å². The van der Waals surface area contributed by atoms with Crippen molar-refractivity contribution in [3.63, 3.8) is 0 Å². The standard InChI is InChI=1S/C27H24.C21H21N.C20H14.C14H12.3Y/c1-19-4-10-22(11-5-19)25-16-26(23-12-6-20(2)7-13-23)18-27(17-25)24-14-8-21(3)9-15-24;1-16-4-10-19(11-5-16)22(20-12-6-17(2)7-13-20)21-14-8-18(3)9-15-21;1-15-5-3-7-19(13-15)17-9-11-18(12-10-17)20-8-4-6-16(2)14-20;1-11-5-3-7-13(9-11)14-8-4-6-12(2)10-14;;;/h4-18H,1-3H3;4-15H,1-3H3;3-6,9,12-14H,1-2H3;3-6,9-10H,1-2H3;;;/q;;-4;-2;;;. The summed E-state index contributed by atoms with van der Waals surface area (Å²) in [6.07, 6.45) is 0. The fourth-order valence-electron chi connectivity index (χ4n) is 9.53. The summed E-state index contributed by atoms with van der Waals surface area (Å²) in [6.45, 7) is 21.1. The van der Waals surface area contributed by atoms with Gasteiger partial charge in [-0.1, -0.05) is 170 Å². The minimum atomic E-state index is 0. The number of nitrogens with zero attached hydrogens (tertiary/aromatic N) is 1. The van der Waals surface area contributed by atoms with Crippen molar-refractivity contribution in [1.82, 2.24) is 0 Å². The second kappa shape index (κ2) is 33.8. The van der Waals surface area contributed by atoms with Gasteiger partial charge in [0.25, 0.3) is 0 Å². The van der Waals surface area contributed by atoms with E-state index in [4.69, 9.17) is 0 Å². The molecule has 0 fully saturated rings. The predicted molar refractivity (Wildman–Crippen MR) is 353 cm³/mol. The minimum Gasteiger partial charge on any atom is -0.311 e. The summed E-state index contributed by atoms with van der Waals surface area (Å²) in [5, 5.41) is 0. The van der Waals surface area contributed by atoms with Crippen LogP contribution in [0.4, 0.5) is 17.1 Å². The summed E-state index contributed by atoms with van der Waals surface area (Å²) >= 11 is 0. The van der Waals surface area contributed by atoms with Crippen LogP contribution in [0.5, 0.6) is 0 Å². The van der Waals surface area contributed by atoms with E-state index >= 15 is 0 Å². The van der Waals surface area contributed by atoms with Gasteiger partial charge in [-0.3, -0.25) is 0 Å². The molecule has 0 unspecified atom stereocenters. The Morgan fingerprint density at radius 2 is 0.407 bits per heavy atom. The van der Waals surface area contributed by atoms with E-state index in [1.165, 1.54) is 106 Å². The number of rotatable bonds is 9. The molecule has 0 aliphatic heterocycles. The first-order chi connectivity index (χ1) is 40.2. The van der Waals surface area contributed by atoms with Gasteiger partial charge in [0.05, 0.1) is 0 Å². The maximum atomic E-state index is 3.32. The summed E-state index contributed by atoms with van der Waals surface area (Å²) in [5.41, 5.74) is 30.1. The first-order valence-electron chi connectivity index (χ1n) is 28.4. The molecule has 0 saturated heterocycles. The fourth-order valence-corrected chi connectivity index (χ4v) is 9.53. The molecule has 12 aromatic rings. The molecule has 4 heteroatoms. The van der Waals surface area contributed by atoms with Crippen molar-refractivity contribution in [2.24, 2.45) is 0 Å². The van der Waals surface area contributed by atoms with E-state index in [0.717, 1.165) is 33.4 Å². The number of anilines is 3. The number of benzene rings is 12. The van der Waals surface area contributed by atoms with E-state index in [1.807, 2.05) is 48.5 Å². The average Bonchev–Trinajstić information content (AvgIpc) is 2.32. The molecule has 1 nitrogen and oxygen atoms in total. The Kier molecular flexibility index (Phi) is 27.0. The molecule has 0 N–H and O–H groups in total. The average molecular weight is 1340 g/mol. The number of hydrogen-bond donors (Lipinski definition) is 0. The quantitative estimate of drug-likeness (QED) is 0.130. The van der Waals surface area contributed by atoms with E-state index in [0.29, 0.717) is 0 Å². The largest absolute Gasteiger partial charge is 0.311 e. The van der Waals surface area contributed by atoms with Crippen molar-refractivity contribution in [3.05, 3.63) is 341 Å². The van der Waals surface area contributed by atoms with Crippen LogP contribution in [0.1, 0.15) is 55.6 Å². The van der Waals surface area contributed by atoms with Gasteiger partial charge < -0.3 is 4.90 Å². The Hall–Kier alpha value is -6.25. The van der Waals surface area contributed by atoms with Gasteiger partial charge in [0.15, 0.2) is 0 Å². The Morgan fingerprint density at radius 3 is 0.616 bits per heavy atom. The summed E-state index contributed by atoms with van der Waals surface area (Å²) in [4.78, 5) is 2.29. The Labute approximate surface area is 590 Å². The first kappa shape index (κ1) is 68.9. The zero-order valence-corrected chi connectivity index (χ0v) is 59.9. The van der Waals surface area contributed by atoms with E-state index in [1.54, 1.807) is 0 Å². The molecule has 3 radical (unpaired) electrons. The molecule has 0 aliphatic rings. The molecule has 12 aromatic carbocycles. The summed E-state index contributed by atoms with van der Waals surface area (Å²) < 4.78 is 0. The van der Waals surface area contributed by atoms with E-state index in [2.05, 4.69) is 311 Å². The second-order valence-corrected chi connectivity index (χ2v) is 21.8. The molecule has 0 aromatic heterocycles. The maximum absolute atomic E-state index is 3.32. The topological polar surface area (TPSA) is 3.24 Å². The van der Waals surface area contributed by atoms with Gasteiger partial charge in [-0.2, -0.15) is 72.8 Å². The third-order valence-corrected chi connectivity index (χ3v) is 14.4. The van der Waals surface area contributed by atoms with Gasteiger partial charge in [-0.25, -0.2) is 57.6 Å². The monoisotopic (exact) mass is 1340 g/mol. The number of hydrogen-bond acceptors (Lipinski definition) is 1. The van der Waals surface area contributed by atoms with Crippen LogP contribution in [0.2, 0.25) is 0 Å². The van der Waals surface area contributed by atoms with Crippen LogP contribution >= 0.6 is 0 Å². The second-order valence-electron chi connectivity index (χ2n) is 21.8. The molecule has 0 spiro atoms. The van der Waals surface area contributed by atoms with Crippen molar-refractivity contribution in [3.8, 4) is 66.8 Å². The third kappa shape index (κ3) is 19.9. The predicted octanol–water partition coefficient (Wildman–Crippen LogP) is 22.1. The van der Waals surface area contributed by atoms with Crippen LogP contribution in [0.15, 0.2) is 249 Å². The van der Waals surface area contributed by atoms with Crippen LogP contribution in [-0.2, 0) is 98.1 Å². The van der Waals surface area contributed by atoms with Crippen molar-refractivity contribution in [2.45, 2.75) is 69.2 Å². The Morgan fingerprint density at radius 1 is 0.198 bits per heavy atom. The van der Waals surface area contributed by atoms with E-state index in [-0.39, 0.29) is 98.1 Å². The molecule has 12 rings (SSSR count). The Balaban J connectivity index is 0.000000185. The van der Waals surface area contributed by atoms with Gasteiger partial charge in [0.2, 0.25) is 0 Å². The minimum absolute atomic E-state index is 0. The summed E-state index contributed by atoms with van der Waals surface area (Å²) in [5.74, 6) is 0. The van der Waals surface area contributed by atoms with Crippen LogP contribution in [-0.4, -0.2) is 0 Å². The first-order valence-corrected chi connectivity index (χ1v) is 28.4. The van der Waals surface area contributed by atoms with Crippen molar-refractivity contribution >= 4 is 17.1 Å². The maximum Gasteiger partial charge on any atom is 0.0461 e. The summed E-state index contributed by atoms with van der Waals surface area (Å²) in [7, 11) is 0. The molecule has 0 amide bonds. The van der Waals surface area contributed by atoms with E-state index < -0.39 is 0 Å². The third-order valence-electron chi connectivity index (χ3n) is 14.4. The fraction of sp³-hybridized carbons (Fsp3) is 0.122. The van der Waals surface area contributed by atoms with Crippen LogP contribution in [0, 0.1) is 106 Å². The smallest absolute Gasteiger partial charge is 0.0461 e. The van der Waals surface area contributed by atoms with Gasteiger partial charge in [-0.05, 0) is 130 Å². The normalized spacial score (nSPS) is 10.2. The Bertz CT molecular complexity index is 3640. The molecule has 0 heterocycles. The molecule has 86 heavy (non-hydrogen) atoms.